The molecule has 0 aliphatic carbocycles. The van der Waals surface area contributed by atoms with Gasteiger partial charge in [-0.05, 0) is 49.4 Å². The minimum Gasteiger partial charge on any atom is -0.495 e. The summed E-state index contributed by atoms with van der Waals surface area (Å²) in [5, 5.41) is 15.8. The first kappa shape index (κ1) is 17.5. The highest BCUT2D eigenvalue weighted by molar-refractivity contribution is 6.32. The van der Waals surface area contributed by atoms with Crippen LogP contribution in [0.3, 0.4) is 0 Å². The second-order valence-electron chi connectivity index (χ2n) is 5.47. The van der Waals surface area contributed by atoms with Gasteiger partial charge >= 0.3 is 0 Å². The van der Waals surface area contributed by atoms with Crippen LogP contribution in [-0.2, 0) is 0 Å². The molecule has 3 aromatic rings. The number of hydrogen-bond donors (Lipinski definition) is 2. The average molecular weight is 366 g/mol. The van der Waals surface area contributed by atoms with E-state index in [-0.39, 0.29) is 0 Å². The molecule has 1 aromatic heterocycles. The number of nitrogens with zero attached hydrogens (tertiary/aromatic N) is 3. The Morgan fingerprint density at radius 1 is 0.962 bits per heavy atom. The predicted molar refractivity (Wildman–Crippen MR) is 102 cm³/mol. The van der Waals surface area contributed by atoms with Gasteiger partial charge in [0.2, 0.25) is 0 Å². The molecule has 3 rings (SSSR count). The van der Waals surface area contributed by atoms with Crippen molar-refractivity contribution >= 4 is 34.6 Å². The van der Waals surface area contributed by atoms with Crippen molar-refractivity contribution in [3.05, 3.63) is 64.9 Å². The molecule has 2 aromatic carbocycles. The lowest BCUT2D eigenvalue weighted by Crippen LogP contribution is -2.01. The summed E-state index contributed by atoms with van der Waals surface area (Å²) in [5.41, 5.74) is 2.23. The van der Waals surface area contributed by atoms with E-state index in [0.717, 1.165) is 11.4 Å². The Bertz CT molecular complexity index is 967. The molecular weight excluding hydrogens is 350 g/mol. The molecule has 6 nitrogen and oxygen atoms in total. The van der Waals surface area contributed by atoms with Gasteiger partial charge < -0.3 is 15.4 Å². The van der Waals surface area contributed by atoms with Gasteiger partial charge in [-0.25, -0.2) is 9.97 Å². The summed E-state index contributed by atoms with van der Waals surface area (Å²) in [7, 11) is 1.57. The third kappa shape index (κ3) is 4.21. The maximum atomic E-state index is 8.87. The minimum absolute atomic E-state index is 0.513. The van der Waals surface area contributed by atoms with E-state index in [0.29, 0.717) is 33.8 Å². The zero-order chi connectivity index (χ0) is 18.5. The third-order valence-electron chi connectivity index (χ3n) is 3.55. The summed E-state index contributed by atoms with van der Waals surface area (Å²) in [6.45, 7) is 1.82. The molecule has 0 radical (unpaired) electrons. The zero-order valence-corrected chi connectivity index (χ0v) is 15.0. The largest absolute Gasteiger partial charge is 0.495 e. The fourth-order valence-electron chi connectivity index (χ4n) is 2.36. The topological polar surface area (TPSA) is 82.9 Å². The molecule has 0 amide bonds. The number of nitriles is 1. The highest BCUT2D eigenvalue weighted by Crippen LogP contribution is 2.29. The van der Waals surface area contributed by atoms with Gasteiger partial charge in [0.25, 0.3) is 0 Å². The molecule has 0 saturated heterocycles. The Morgan fingerprint density at radius 2 is 1.58 bits per heavy atom. The smallest absolute Gasteiger partial charge is 0.137 e. The average Bonchev–Trinajstić information content (AvgIpc) is 2.62. The van der Waals surface area contributed by atoms with Crippen molar-refractivity contribution in [2.24, 2.45) is 0 Å². The van der Waals surface area contributed by atoms with Crippen LogP contribution in [-0.4, -0.2) is 17.1 Å². The van der Waals surface area contributed by atoms with Crippen LogP contribution in [0.2, 0.25) is 5.02 Å². The molecule has 0 saturated carbocycles. The number of hydrogen-bond acceptors (Lipinski definition) is 6. The van der Waals surface area contributed by atoms with E-state index < -0.39 is 0 Å². The van der Waals surface area contributed by atoms with E-state index in [1.54, 1.807) is 37.4 Å². The van der Waals surface area contributed by atoms with Gasteiger partial charge in [-0.1, -0.05) is 11.6 Å². The number of aromatic nitrogens is 2. The van der Waals surface area contributed by atoms with Gasteiger partial charge in [0, 0.05) is 17.4 Å². The van der Waals surface area contributed by atoms with E-state index in [2.05, 4.69) is 26.7 Å². The number of nitrogens with one attached hydrogen (secondary N) is 2. The molecule has 0 spiro atoms. The van der Waals surface area contributed by atoms with Gasteiger partial charge in [0.05, 0.1) is 23.8 Å². The molecule has 0 aliphatic rings. The van der Waals surface area contributed by atoms with Crippen LogP contribution in [0.5, 0.6) is 5.75 Å². The van der Waals surface area contributed by atoms with Crippen molar-refractivity contribution in [3.63, 3.8) is 0 Å². The highest BCUT2D eigenvalue weighted by Gasteiger charge is 2.06. The van der Waals surface area contributed by atoms with E-state index in [1.807, 2.05) is 25.1 Å². The Labute approximate surface area is 156 Å². The van der Waals surface area contributed by atoms with E-state index in [4.69, 9.17) is 21.6 Å². The van der Waals surface area contributed by atoms with Crippen molar-refractivity contribution in [1.29, 1.82) is 5.26 Å². The molecule has 0 atom stereocenters. The van der Waals surface area contributed by atoms with Gasteiger partial charge in [-0.2, -0.15) is 5.26 Å². The van der Waals surface area contributed by atoms with Crippen molar-refractivity contribution in [1.82, 2.24) is 9.97 Å². The predicted octanol–water partition coefficient (Wildman–Crippen LogP) is 4.81. The first-order valence-corrected chi connectivity index (χ1v) is 8.18. The van der Waals surface area contributed by atoms with E-state index in [9.17, 15) is 0 Å². The maximum Gasteiger partial charge on any atom is 0.137 e. The molecule has 7 heteroatoms. The summed E-state index contributed by atoms with van der Waals surface area (Å²) in [4.78, 5) is 8.78. The minimum atomic E-state index is 0.513. The van der Waals surface area contributed by atoms with Crippen LogP contribution in [0.1, 0.15) is 11.4 Å². The Balaban J connectivity index is 1.80. The number of ether oxygens (including phenoxy) is 1. The lowest BCUT2D eigenvalue weighted by atomic mass is 10.2. The molecule has 130 valence electrons. The number of rotatable bonds is 5. The summed E-state index contributed by atoms with van der Waals surface area (Å²) >= 11 is 6.16. The number of methoxy groups -OCH3 is 1. The number of halogens is 1. The Morgan fingerprint density at radius 3 is 2.15 bits per heavy atom. The summed E-state index contributed by atoms with van der Waals surface area (Å²) in [6, 6.07) is 16.4. The lowest BCUT2D eigenvalue weighted by Gasteiger charge is -2.11. The van der Waals surface area contributed by atoms with Gasteiger partial charge in [0.15, 0.2) is 0 Å². The van der Waals surface area contributed by atoms with Gasteiger partial charge in [-0.15, -0.1) is 0 Å². The standard InChI is InChI=1S/C19H16ClN5O/c1-12-22-18(24-14-5-3-13(11-21)4-6-14)10-19(23-12)25-15-7-8-17(26-2)16(20)9-15/h3-10H,1-2H3,(H2,22,23,24,25). The zero-order valence-electron chi connectivity index (χ0n) is 14.2. The van der Waals surface area contributed by atoms with Crippen molar-refractivity contribution in [3.8, 4) is 11.8 Å². The van der Waals surface area contributed by atoms with Crippen LogP contribution in [0.4, 0.5) is 23.0 Å². The molecular formula is C19H16ClN5O. The van der Waals surface area contributed by atoms with Gasteiger partial charge in [0.1, 0.15) is 23.2 Å². The second kappa shape index (κ2) is 7.72. The Hall–Kier alpha value is -3.30. The maximum absolute atomic E-state index is 8.87. The molecule has 0 unspecified atom stereocenters. The molecule has 0 fully saturated rings. The SMILES string of the molecule is COc1ccc(Nc2cc(Nc3ccc(C#N)cc3)nc(C)n2)cc1Cl. The molecule has 0 bridgehead atoms. The summed E-state index contributed by atoms with van der Waals surface area (Å²) in [5.74, 6) is 2.50. The van der Waals surface area contributed by atoms with E-state index in [1.165, 1.54) is 0 Å². The van der Waals surface area contributed by atoms with Crippen LogP contribution in [0.15, 0.2) is 48.5 Å². The third-order valence-corrected chi connectivity index (χ3v) is 3.84. The monoisotopic (exact) mass is 365 g/mol. The van der Waals surface area contributed by atoms with Crippen molar-refractivity contribution in [2.45, 2.75) is 6.92 Å². The van der Waals surface area contributed by atoms with Crippen molar-refractivity contribution < 1.29 is 4.74 Å². The normalized spacial score (nSPS) is 10.1. The number of aryl methyl sites for hydroxylation is 1. The quantitative estimate of drug-likeness (QED) is 0.675. The van der Waals surface area contributed by atoms with Gasteiger partial charge in [-0.3, -0.25) is 0 Å². The van der Waals surface area contributed by atoms with Crippen LogP contribution < -0.4 is 15.4 Å². The van der Waals surface area contributed by atoms with Crippen LogP contribution in [0, 0.1) is 18.3 Å². The molecule has 1 heterocycles. The molecule has 2 N–H and O–H groups in total. The molecule has 26 heavy (non-hydrogen) atoms. The lowest BCUT2D eigenvalue weighted by molar-refractivity contribution is 0.415. The summed E-state index contributed by atoms with van der Waals surface area (Å²) < 4.78 is 5.16. The fraction of sp³-hybridized carbons (Fsp3) is 0.105. The number of anilines is 4. The van der Waals surface area contributed by atoms with Crippen LogP contribution in [0.25, 0.3) is 0 Å². The summed E-state index contributed by atoms with van der Waals surface area (Å²) in [6.07, 6.45) is 0. The second-order valence-corrected chi connectivity index (χ2v) is 5.88. The number of benzene rings is 2. The highest BCUT2D eigenvalue weighted by atomic mass is 35.5. The first-order valence-electron chi connectivity index (χ1n) is 7.81. The van der Waals surface area contributed by atoms with Crippen molar-refractivity contribution in [2.75, 3.05) is 17.7 Å². The van der Waals surface area contributed by atoms with Crippen LogP contribution >= 0.6 is 11.6 Å². The Kier molecular flexibility index (Phi) is 5.20. The van der Waals surface area contributed by atoms with E-state index >= 15 is 0 Å². The first-order chi connectivity index (χ1) is 12.6. The molecule has 0 aliphatic heterocycles. The fourth-order valence-corrected chi connectivity index (χ4v) is 2.62.